The molecule has 1 heterocycles. The fraction of sp³-hybridized carbons (Fsp3) is 0.889. The molecule has 1 aliphatic heterocycles. The third kappa shape index (κ3) is 1.45. The van der Waals surface area contributed by atoms with E-state index in [1.807, 2.05) is 0 Å². The van der Waals surface area contributed by atoms with Crippen LogP contribution in [0, 0.1) is 5.92 Å². The van der Waals surface area contributed by atoms with Crippen molar-refractivity contribution in [2.45, 2.75) is 43.5 Å². The predicted molar refractivity (Wildman–Crippen MR) is 48.1 cm³/mol. The number of hydrogen-bond acceptors (Lipinski definition) is 1. The summed E-state index contributed by atoms with van der Waals surface area (Å²) in [5.41, 5.74) is 0. The van der Waals surface area contributed by atoms with E-state index in [-0.39, 0.29) is 11.3 Å². The highest BCUT2D eigenvalue weighted by Gasteiger charge is 2.35. The Morgan fingerprint density at radius 1 is 1.33 bits per heavy atom. The van der Waals surface area contributed by atoms with Crippen molar-refractivity contribution in [1.82, 2.24) is 5.32 Å². The highest BCUT2D eigenvalue weighted by atomic mass is 35.5. The van der Waals surface area contributed by atoms with Crippen molar-refractivity contribution in [3.05, 3.63) is 0 Å². The van der Waals surface area contributed by atoms with Crippen molar-refractivity contribution < 1.29 is 4.79 Å². The zero-order valence-electron chi connectivity index (χ0n) is 7.05. The molecular weight excluding hydrogens is 174 g/mol. The average molecular weight is 188 g/mol. The van der Waals surface area contributed by atoms with Crippen LogP contribution in [-0.2, 0) is 4.79 Å². The van der Waals surface area contributed by atoms with Gasteiger partial charge in [0, 0.05) is 6.04 Å². The Bertz CT molecular complexity index is 195. The topological polar surface area (TPSA) is 29.1 Å². The van der Waals surface area contributed by atoms with Crippen molar-refractivity contribution in [2.24, 2.45) is 5.92 Å². The van der Waals surface area contributed by atoms with E-state index in [2.05, 4.69) is 5.32 Å². The zero-order chi connectivity index (χ0) is 8.55. The maximum Gasteiger partial charge on any atom is 0.238 e. The fourth-order valence-corrected chi connectivity index (χ4v) is 2.62. The molecule has 2 rings (SSSR count). The predicted octanol–water partition coefficient (Wildman–Crippen LogP) is 1.67. The van der Waals surface area contributed by atoms with Crippen molar-refractivity contribution in [3.63, 3.8) is 0 Å². The van der Waals surface area contributed by atoms with E-state index in [9.17, 15) is 4.79 Å². The lowest BCUT2D eigenvalue weighted by molar-refractivity contribution is -0.124. The minimum atomic E-state index is -0.274. The number of carbonyl (C=O) groups is 1. The minimum absolute atomic E-state index is 0.0415. The first-order chi connectivity index (χ1) is 5.77. The molecule has 12 heavy (non-hydrogen) atoms. The molecule has 0 aromatic heterocycles. The Hall–Kier alpha value is -0.240. The van der Waals surface area contributed by atoms with Gasteiger partial charge in [-0.05, 0) is 25.2 Å². The number of amides is 1. The SMILES string of the molecule is O=C1N[C@@H]2CCCC[C@H]2C[C@@H]1Cl. The number of piperidine rings is 1. The molecule has 3 heteroatoms. The van der Waals surface area contributed by atoms with E-state index < -0.39 is 0 Å². The molecule has 0 spiro atoms. The Morgan fingerprint density at radius 2 is 2.08 bits per heavy atom. The first-order valence-corrected chi connectivity index (χ1v) is 5.15. The normalized spacial score (nSPS) is 41.8. The smallest absolute Gasteiger partial charge is 0.238 e. The number of nitrogens with one attached hydrogen (secondary N) is 1. The molecule has 0 aromatic carbocycles. The van der Waals surface area contributed by atoms with Crippen LogP contribution in [0.15, 0.2) is 0 Å². The van der Waals surface area contributed by atoms with Gasteiger partial charge in [-0.1, -0.05) is 12.8 Å². The summed E-state index contributed by atoms with van der Waals surface area (Å²) in [5, 5.41) is 2.72. The standard InChI is InChI=1S/C9H14ClNO/c10-7-5-6-3-1-2-4-8(6)11-9(7)12/h6-8H,1-5H2,(H,11,12)/t6-,7-,8+/m0/s1. The molecule has 2 fully saturated rings. The van der Waals surface area contributed by atoms with Crippen molar-refractivity contribution in [2.75, 3.05) is 0 Å². The van der Waals surface area contributed by atoms with Crippen LogP contribution in [0.5, 0.6) is 0 Å². The first kappa shape index (κ1) is 8.36. The third-order valence-corrected chi connectivity index (χ3v) is 3.41. The Labute approximate surface area is 77.7 Å². The van der Waals surface area contributed by atoms with Gasteiger partial charge in [0.1, 0.15) is 5.38 Å². The lowest BCUT2D eigenvalue weighted by atomic mass is 9.79. The molecule has 68 valence electrons. The molecule has 1 amide bonds. The number of fused-ring (bicyclic) bond motifs is 1. The van der Waals surface area contributed by atoms with Gasteiger partial charge in [0.2, 0.25) is 5.91 Å². The van der Waals surface area contributed by atoms with E-state index >= 15 is 0 Å². The molecular formula is C9H14ClNO. The Morgan fingerprint density at radius 3 is 2.92 bits per heavy atom. The molecule has 0 bridgehead atoms. The monoisotopic (exact) mass is 187 g/mol. The summed E-state index contributed by atoms with van der Waals surface area (Å²) in [5.74, 6) is 0.693. The van der Waals surface area contributed by atoms with Gasteiger partial charge in [-0.25, -0.2) is 0 Å². The van der Waals surface area contributed by atoms with E-state index in [0.717, 1.165) is 12.8 Å². The summed E-state index contributed by atoms with van der Waals surface area (Å²) in [6.07, 6.45) is 5.85. The third-order valence-electron chi connectivity index (χ3n) is 3.03. The molecule has 1 N–H and O–H groups in total. The Kier molecular flexibility index (Phi) is 2.26. The maximum atomic E-state index is 11.2. The molecule has 1 saturated carbocycles. The summed E-state index contributed by atoms with van der Waals surface area (Å²) >= 11 is 5.87. The van der Waals surface area contributed by atoms with Crippen LogP contribution in [0.25, 0.3) is 0 Å². The molecule has 0 aromatic rings. The second-order valence-corrected chi connectivity index (χ2v) is 4.39. The number of carbonyl (C=O) groups excluding carboxylic acids is 1. The number of halogens is 1. The summed E-state index contributed by atoms with van der Waals surface area (Å²) < 4.78 is 0. The van der Waals surface area contributed by atoms with E-state index in [1.54, 1.807) is 0 Å². The van der Waals surface area contributed by atoms with Gasteiger partial charge < -0.3 is 5.32 Å². The van der Waals surface area contributed by atoms with Gasteiger partial charge in [0.25, 0.3) is 0 Å². The molecule has 0 unspecified atom stereocenters. The van der Waals surface area contributed by atoms with Gasteiger partial charge in [0.15, 0.2) is 0 Å². The van der Waals surface area contributed by atoms with Gasteiger partial charge >= 0.3 is 0 Å². The van der Waals surface area contributed by atoms with Crippen LogP contribution in [0.3, 0.4) is 0 Å². The van der Waals surface area contributed by atoms with Crippen LogP contribution in [0.2, 0.25) is 0 Å². The highest BCUT2D eigenvalue weighted by Crippen LogP contribution is 2.32. The van der Waals surface area contributed by atoms with Gasteiger partial charge in [-0.2, -0.15) is 0 Å². The average Bonchev–Trinajstić information content (AvgIpc) is 2.07. The quantitative estimate of drug-likeness (QED) is 0.575. The van der Waals surface area contributed by atoms with Crippen LogP contribution in [0.1, 0.15) is 32.1 Å². The zero-order valence-corrected chi connectivity index (χ0v) is 7.81. The highest BCUT2D eigenvalue weighted by molar-refractivity contribution is 6.30. The van der Waals surface area contributed by atoms with Crippen molar-refractivity contribution >= 4 is 17.5 Å². The molecule has 0 radical (unpaired) electrons. The van der Waals surface area contributed by atoms with Crippen LogP contribution in [0.4, 0.5) is 0 Å². The summed E-state index contributed by atoms with van der Waals surface area (Å²) in [7, 11) is 0. The number of hydrogen-bond donors (Lipinski definition) is 1. The van der Waals surface area contributed by atoms with E-state index in [1.165, 1.54) is 19.3 Å². The van der Waals surface area contributed by atoms with Crippen LogP contribution >= 0.6 is 11.6 Å². The molecule has 1 aliphatic carbocycles. The van der Waals surface area contributed by atoms with E-state index in [4.69, 9.17) is 11.6 Å². The van der Waals surface area contributed by atoms with Gasteiger partial charge in [-0.15, -0.1) is 11.6 Å². The molecule has 2 aliphatic rings. The maximum absolute atomic E-state index is 11.2. The van der Waals surface area contributed by atoms with E-state index in [0.29, 0.717) is 12.0 Å². The van der Waals surface area contributed by atoms with Crippen LogP contribution in [-0.4, -0.2) is 17.3 Å². The summed E-state index contributed by atoms with van der Waals surface area (Å²) in [6.45, 7) is 0. The number of rotatable bonds is 0. The first-order valence-electron chi connectivity index (χ1n) is 4.72. The summed E-state index contributed by atoms with van der Waals surface area (Å²) in [4.78, 5) is 11.2. The molecule has 3 atom stereocenters. The van der Waals surface area contributed by atoms with Crippen molar-refractivity contribution in [1.29, 1.82) is 0 Å². The Balaban J connectivity index is 2.02. The van der Waals surface area contributed by atoms with Crippen molar-refractivity contribution in [3.8, 4) is 0 Å². The van der Waals surface area contributed by atoms with Gasteiger partial charge in [-0.3, -0.25) is 4.79 Å². The minimum Gasteiger partial charge on any atom is -0.352 e. The fourth-order valence-electron chi connectivity index (χ4n) is 2.33. The largest absolute Gasteiger partial charge is 0.352 e. The lowest BCUT2D eigenvalue weighted by Crippen LogP contribution is -2.51. The second kappa shape index (κ2) is 3.25. The lowest BCUT2D eigenvalue weighted by Gasteiger charge is -2.37. The molecule has 2 nitrogen and oxygen atoms in total. The van der Waals surface area contributed by atoms with Crippen LogP contribution < -0.4 is 5.32 Å². The molecule has 1 saturated heterocycles. The number of alkyl halides is 1. The van der Waals surface area contributed by atoms with Gasteiger partial charge in [0.05, 0.1) is 0 Å². The second-order valence-electron chi connectivity index (χ2n) is 3.86. The summed E-state index contributed by atoms with van der Waals surface area (Å²) in [6, 6.07) is 0.432.